The highest BCUT2D eigenvalue weighted by Gasteiger charge is 2.24. The molecule has 0 atom stereocenters. The van der Waals surface area contributed by atoms with Crippen molar-refractivity contribution in [1.29, 1.82) is 0 Å². The van der Waals surface area contributed by atoms with Crippen molar-refractivity contribution in [2.45, 2.75) is 12.8 Å². The lowest BCUT2D eigenvalue weighted by atomic mass is 10.1. The van der Waals surface area contributed by atoms with E-state index < -0.39 is 6.09 Å². The summed E-state index contributed by atoms with van der Waals surface area (Å²) in [5.74, 6) is 0.816. The zero-order valence-electron chi connectivity index (χ0n) is 16.2. The molecular weight excluding hydrogens is 382 g/mol. The van der Waals surface area contributed by atoms with Gasteiger partial charge in [-0.1, -0.05) is 30.3 Å². The van der Waals surface area contributed by atoms with Crippen LogP contribution in [0.3, 0.4) is 0 Å². The monoisotopic (exact) mass is 403 g/mol. The number of hydrogen-bond acceptors (Lipinski definition) is 4. The van der Waals surface area contributed by atoms with Crippen molar-refractivity contribution in [2.24, 2.45) is 0 Å². The maximum atomic E-state index is 12.4. The number of ether oxygens (including phenoxy) is 1. The molecule has 0 aliphatic carbocycles. The van der Waals surface area contributed by atoms with Crippen LogP contribution in [0.15, 0.2) is 66.9 Å². The minimum Gasteiger partial charge on any atom is -0.465 e. The summed E-state index contributed by atoms with van der Waals surface area (Å²) in [5, 5.41) is 12.1. The summed E-state index contributed by atoms with van der Waals surface area (Å²) in [7, 11) is 0. The second-order valence-corrected chi connectivity index (χ2v) is 6.95. The Morgan fingerprint density at radius 2 is 1.87 bits per heavy atom. The normalized spacial score (nSPS) is 12.3. The average molecular weight is 403 g/mol. The van der Waals surface area contributed by atoms with E-state index in [9.17, 15) is 14.7 Å². The molecule has 2 aromatic carbocycles. The molecule has 2 N–H and O–H groups in total. The van der Waals surface area contributed by atoms with Crippen LogP contribution in [0.1, 0.15) is 21.6 Å². The van der Waals surface area contributed by atoms with Crippen molar-refractivity contribution < 1.29 is 19.4 Å². The molecule has 0 spiro atoms. The molecule has 7 heteroatoms. The molecule has 0 fully saturated rings. The van der Waals surface area contributed by atoms with Gasteiger partial charge in [0.05, 0.1) is 5.69 Å². The first-order chi connectivity index (χ1) is 14.6. The van der Waals surface area contributed by atoms with Gasteiger partial charge in [0.1, 0.15) is 17.2 Å². The van der Waals surface area contributed by atoms with Gasteiger partial charge in [-0.25, -0.2) is 4.79 Å². The van der Waals surface area contributed by atoms with E-state index in [4.69, 9.17) is 4.74 Å². The molecule has 2 amide bonds. The largest absolute Gasteiger partial charge is 0.465 e. The lowest BCUT2D eigenvalue weighted by Crippen LogP contribution is -2.26. The van der Waals surface area contributed by atoms with Gasteiger partial charge in [-0.05, 0) is 48.2 Å². The molecule has 1 aliphatic heterocycles. The van der Waals surface area contributed by atoms with E-state index in [-0.39, 0.29) is 11.6 Å². The van der Waals surface area contributed by atoms with Gasteiger partial charge in [0.2, 0.25) is 0 Å². The maximum Gasteiger partial charge on any atom is 0.411 e. The predicted octanol–water partition coefficient (Wildman–Crippen LogP) is 3.89. The van der Waals surface area contributed by atoms with Crippen LogP contribution >= 0.6 is 0 Å². The summed E-state index contributed by atoms with van der Waals surface area (Å²) < 4.78 is 5.88. The standard InChI is InChI=1S/C23H21N3O4/c27-22(25-11-8-16-4-2-1-3-5-16)20-15-19(9-12-24-20)30-18-6-7-21-17(14-18)10-13-26(21)23(28)29/h1-7,9,12,14-15H,8,10-11,13H2,(H,25,27)(H,28,29). The Kier molecular flexibility index (Phi) is 5.61. The SMILES string of the molecule is O=C(NCCc1ccccc1)c1cc(Oc2ccc3c(c2)CCN3C(=O)O)ccn1. The third-order valence-corrected chi connectivity index (χ3v) is 4.92. The fraction of sp³-hybridized carbons (Fsp3) is 0.174. The molecule has 3 aromatic rings. The molecule has 0 saturated carbocycles. The van der Waals surface area contributed by atoms with Crippen LogP contribution in [0, 0.1) is 0 Å². The summed E-state index contributed by atoms with van der Waals surface area (Å²) in [6.45, 7) is 0.956. The van der Waals surface area contributed by atoms with Crippen LogP contribution in [0.5, 0.6) is 11.5 Å². The minimum atomic E-state index is -0.959. The molecule has 2 heterocycles. The number of rotatable bonds is 6. The van der Waals surface area contributed by atoms with Crippen molar-refractivity contribution in [1.82, 2.24) is 10.3 Å². The zero-order valence-corrected chi connectivity index (χ0v) is 16.2. The molecule has 152 valence electrons. The van der Waals surface area contributed by atoms with Crippen LogP contribution in [0.25, 0.3) is 0 Å². The number of pyridine rings is 1. The molecule has 1 aliphatic rings. The van der Waals surface area contributed by atoms with Crippen molar-refractivity contribution in [3.05, 3.63) is 83.7 Å². The number of nitrogens with one attached hydrogen (secondary N) is 1. The van der Waals surface area contributed by atoms with Crippen molar-refractivity contribution in [3.8, 4) is 11.5 Å². The summed E-state index contributed by atoms with van der Waals surface area (Å²) in [5.41, 5.74) is 3.03. The Labute approximate surface area is 173 Å². The topological polar surface area (TPSA) is 91.8 Å². The molecule has 30 heavy (non-hydrogen) atoms. The highest BCUT2D eigenvalue weighted by atomic mass is 16.5. The van der Waals surface area contributed by atoms with E-state index >= 15 is 0 Å². The number of carboxylic acid groups (broad SMARTS) is 1. The number of nitrogens with zero attached hydrogens (tertiary/aromatic N) is 2. The van der Waals surface area contributed by atoms with Crippen LogP contribution in [-0.4, -0.2) is 35.2 Å². The summed E-state index contributed by atoms with van der Waals surface area (Å²) in [6, 6.07) is 18.5. The first kappa shape index (κ1) is 19.4. The molecule has 0 saturated heterocycles. The number of anilines is 1. The van der Waals surface area contributed by atoms with Crippen molar-refractivity contribution >= 4 is 17.7 Å². The van der Waals surface area contributed by atoms with Gasteiger partial charge in [-0.3, -0.25) is 14.7 Å². The van der Waals surface area contributed by atoms with Gasteiger partial charge in [0.15, 0.2) is 0 Å². The molecule has 0 unspecified atom stereocenters. The number of carbonyl (C=O) groups excluding carboxylic acids is 1. The van der Waals surface area contributed by atoms with E-state index in [1.165, 1.54) is 11.1 Å². The average Bonchev–Trinajstić information content (AvgIpc) is 3.18. The molecule has 1 aromatic heterocycles. The smallest absolute Gasteiger partial charge is 0.411 e. The lowest BCUT2D eigenvalue weighted by Gasteiger charge is -2.13. The Bertz CT molecular complexity index is 1070. The molecule has 0 radical (unpaired) electrons. The van der Waals surface area contributed by atoms with Gasteiger partial charge < -0.3 is 15.2 Å². The Hall–Kier alpha value is -3.87. The number of fused-ring (bicyclic) bond motifs is 1. The molecule has 7 nitrogen and oxygen atoms in total. The molecule has 0 bridgehead atoms. The third kappa shape index (κ3) is 4.41. The van der Waals surface area contributed by atoms with Gasteiger partial charge in [0, 0.05) is 25.4 Å². The Morgan fingerprint density at radius 3 is 2.67 bits per heavy atom. The minimum absolute atomic E-state index is 0.262. The number of hydrogen-bond donors (Lipinski definition) is 2. The first-order valence-electron chi connectivity index (χ1n) is 9.69. The second-order valence-electron chi connectivity index (χ2n) is 6.95. The van der Waals surface area contributed by atoms with Crippen molar-refractivity contribution in [2.75, 3.05) is 18.0 Å². The summed E-state index contributed by atoms with van der Waals surface area (Å²) >= 11 is 0. The van der Waals surface area contributed by atoms with E-state index in [1.807, 2.05) is 36.4 Å². The molecular formula is C23H21N3O4. The van der Waals surface area contributed by atoms with Crippen LogP contribution in [-0.2, 0) is 12.8 Å². The lowest BCUT2D eigenvalue weighted by molar-refractivity contribution is 0.0948. The van der Waals surface area contributed by atoms with Gasteiger partial charge in [0.25, 0.3) is 5.91 Å². The number of carbonyl (C=O) groups is 2. The van der Waals surface area contributed by atoms with Crippen LogP contribution in [0.4, 0.5) is 10.5 Å². The number of aromatic nitrogens is 1. The second kappa shape index (κ2) is 8.65. The van der Waals surface area contributed by atoms with E-state index in [2.05, 4.69) is 10.3 Å². The van der Waals surface area contributed by atoms with Gasteiger partial charge >= 0.3 is 6.09 Å². The van der Waals surface area contributed by atoms with Crippen LogP contribution in [0.2, 0.25) is 0 Å². The maximum absolute atomic E-state index is 12.4. The highest BCUT2D eigenvalue weighted by molar-refractivity contribution is 5.92. The first-order valence-corrected chi connectivity index (χ1v) is 9.69. The number of benzene rings is 2. The quantitative estimate of drug-likeness (QED) is 0.652. The third-order valence-electron chi connectivity index (χ3n) is 4.92. The van der Waals surface area contributed by atoms with E-state index in [0.29, 0.717) is 36.7 Å². The van der Waals surface area contributed by atoms with Gasteiger partial charge in [-0.15, -0.1) is 0 Å². The van der Waals surface area contributed by atoms with Gasteiger partial charge in [-0.2, -0.15) is 0 Å². The highest BCUT2D eigenvalue weighted by Crippen LogP contribution is 2.33. The molecule has 4 rings (SSSR count). The van der Waals surface area contributed by atoms with E-state index in [1.54, 1.807) is 24.3 Å². The summed E-state index contributed by atoms with van der Waals surface area (Å²) in [6.07, 6.45) is 1.95. The predicted molar refractivity (Wildman–Crippen MR) is 112 cm³/mol. The van der Waals surface area contributed by atoms with Crippen LogP contribution < -0.4 is 15.0 Å². The zero-order chi connectivity index (χ0) is 20.9. The summed E-state index contributed by atoms with van der Waals surface area (Å²) in [4.78, 5) is 29.1. The fourth-order valence-electron chi connectivity index (χ4n) is 3.43. The number of amides is 2. The van der Waals surface area contributed by atoms with E-state index in [0.717, 1.165) is 17.5 Å². The van der Waals surface area contributed by atoms with Crippen molar-refractivity contribution in [3.63, 3.8) is 0 Å². The Balaban J connectivity index is 1.39. The fourth-order valence-corrected chi connectivity index (χ4v) is 3.43. The Morgan fingerprint density at radius 1 is 1.07 bits per heavy atom.